The number of halogens is 4. The van der Waals surface area contributed by atoms with Gasteiger partial charge < -0.3 is 10.8 Å². The van der Waals surface area contributed by atoms with Crippen LogP contribution in [0, 0.1) is 0 Å². The topological polar surface area (TPSA) is 63.3 Å². The van der Waals surface area contributed by atoms with Gasteiger partial charge in [-0.25, -0.2) is 0 Å². The Morgan fingerprint density at radius 2 is 2.06 bits per heavy atom. The van der Waals surface area contributed by atoms with Crippen molar-refractivity contribution in [3.8, 4) is 0 Å². The number of benzene rings is 1. The normalized spacial score (nSPS) is 13.5. The Kier molecular flexibility index (Phi) is 4.16. The van der Waals surface area contributed by atoms with Crippen LogP contribution in [0.1, 0.15) is 23.6 Å². The monoisotopic (exact) mass is 311 g/mol. The molecule has 17 heavy (non-hydrogen) atoms. The van der Waals surface area contributed by atoms with Gasteiger partial charge in [0, 0.05) is 10.5 Å². The van der Waals surface area contributed by atoms with Gasteiger partial charge in [-0.1, -0.05) is 22.0 Å². The summed E-state index contributed by atoms with van der Waals surface area (Å²) >= 11 is 2.93. The number of carbonyl (C=O) groups is 1. The average Bonchev–Trinajstić information content (AvgIpc) is 2.14. The highest BCUT2D eigenvalue weighted by atomic mass is 79.9. The van der Waals surface area contributed by atoms with Gasteiger partial charge in [-0.3, -0.25) is 4.79 Å². The molecule has 0 aromatic heterocycles. The van der Waals surface area contributed by atoms with Gasteiger partial charge >= 0.3 is 12.1 Å². The Bertz CT molecular complexity index is 434. The van der Waals surface area contributed by atoms with Crippen LogP contribution < -0.4 is 5.73 Å². The Labute approximate surface area is 104 Å². The largest absolute Gasteiger partial charge is 0.481 e. The molecule has 1 aromatic rings. The second-order valence-corrected chi connectivity index (χ2v) is 4.35. The fourth-order valence-corrected chi connectivity index (χ4v) is 1.76. The number of aliphatic carboxylic acids is 1. The van der Waals surface area contributed by atoms with Crippen LogP contribution in [-0.2, 0) is 11.0 Å². The number of hydrogen-bond donors (Lipinski definition) is 2. The molecular weight excluding hydrogens is 303 g/mol. The quantitative estimate of drug-likeness (QED) is 0.902. The molecule has 0 aliphatic heterocycles. The highest BCUT2D eigenvalue weighted by Crippen LogP contribution is 2.36. The summed E-state index contributed by atoms with van der Waals surface area (Å²) < 4.78 is 38.4. The van der Waals surface area contributed by atoms with Crippen LogP contribution in [-0.4, -0.2) is 11.1 Å². The number of carboxylic acids is 1. The zero-order valence-corrected chi connectivity index (χ0v) is 10.0. The molecule has 0 fully saturated rings. The maximum atomic E-state index is 12.7. The molecule has 94 valence electrons. The molecule has 0 radical (unpaired) electrons. The maximum absolute atomic E-state index is 12.7. The van der Waals surface area contributed by atoms with E-state index in [0.29, 0.717) is 0 Å². The molecule has 0 heterocycles. The summed E-state index contributed by atoms with van der Waals surface area (Å²) in [6, 6.07) is 2.28. The Morgan fingerprint density at radius 1 is 1.47 bits per heavy atom. The lowest BCUT2D eigenvalue weighted by Gasteiger charge is -2.17. The van der Waals surface area contributed by atoms with Crippen molar-refractivity contribution >= 4 is 21.9 Å². The van der Waals surface area contributed by atoms with E-state index in [-0.39, 0.29) is 10.0 Å². The van der Waals surface area contributed by atoms with Gasteiger partial charge in [-0.05, 0) is 17.7 Å². The van der Waals surface area contributed by atoms with E-state index in [9.17, 15) is 18.0 Å². The number of alkyl halides is 3. The SMILES string of the molecule is NC(CC(=O)O)c1ccc(Br)cc1C(F)(F)F. The molecule has 0 amide bonds. The number of hydrogen-bond acceptors (Lipinski definition) is 2. The van der Waals surface area contributed by atoms with Crippen LogP contribution in [0.5, 0.6) is 0 Å². The van der Waals surface area contributed by atoms with Crippen LogP contribution >= 0.6 is 15.9 Å². The van der Waals surface area contributed by atoms with E-state index >= 15 is 0 Å². The number of rotatable bonds is 3. The van der Waals surface area contributed by atoms with Crippen molar-refractivity contribution in [2.24, 2.45) is 5.73 Å². The van der Waals surface area contributed by atoms with E-state index < -0.39 is 30.2 Å². The van der Waals surface area contributed by atoms with Crippen molar-refractivity contribution in [1.82, 2.24) is 0 Å². The highest BCUT2D eigenvalue weighted by molar-refractivity contribution is 9.10. The minimum absolute atomic E-state index is 0.219. The second kappa shape index (κ2) is 5.05. The number of nitrogens with two attached hydrogens (primary N) is 1. The van der Waals surface area contributed by atoms with Crippen LogP contribution in [0.15, 0.2) is 22.7 Å². The zero-order valence-electron chi connectivity index (χ0n) is 8.46. The van der Waals surface area contributed by atoms with Crippen LogP contribution in [0.2, 0.25) is 0 Å². The summed E-state index contributed by atoms with van der Waals surface area (Å²) in [5, 5.41) is 8.52. The fraction of sp³-hybridized carbons (Fsp3) is 0.300. The standard InChI is InChI=1S/C10H9BrF3NO2/c11-5-1-2-6(8(15)4-9(16)17)7(3-5)10(12,13)14/h1-3,8H,4,15H2,(H,16,17). The third-order valence-corrected chi connectivity index (χ3v) is 2.61. The minimum atomic E-state index is -4.56. The fourth-order valence-electron chi connectivity index (χ4n) is 1.40. The van der Waals surface area contributed by atoms with E-state index in [2.05, 4.69) is 15.9 Å². The van der Waals surface area contributed by atoms with Gasteiger partial charge in [0.05, 0.1) is 12.0 Å². The van der Waals surface area contributed by atoms with E-state index in [1.165, 1.54) is 12.1 Å². The predicted octanol–water partition coefficient (Wildman–Crippen LogP) is 2.94. The van der Waals surface area contributed by atoms with Gasteiger partial charge in [-0.15, -0.1) is 0 Å². The summed E-state index contributed by atoms with van der Waals surface area (Å²) in [7, 11) is 0. The van der Waals surface area contributed by atoms with Crippen LogP contribution in [0.4, 0.5) is 13.2 Å². The lowest BCUT2D eigenvalue weighted by atomic mass is 9.98. The summed E-state index contributed by atoms with van der Waals surface area (Å²) in [5.74, 6) is -1.24. The molecule has 0 saturated heterocycles. The molecule has 0 spiro atoms. The smallest absolute Gasteiger partial charge is 0.416 e. The maximum Gasteiger partial charge on any atom is 0.416 e. The van der Waals surface area contributed by atoms with Crippen molar-refractivity contribution in [2.45, 2.75) is 18.6 Å². The highest BCUT2D eigenvalue weighted by Gasteiger charge is 2.35. The molecule has 0 bridgehead atoms. The molecule has 1 atom stereocenters. The first-order valence-corrected chi connectivity index (χ1v) is 5.35. The molecule has 3 nitrogen and oxygen atoms in total. The zero-order chi connectivity index (χ0) is 13.2. The Morgan fingerprint density at radius 3 is 2.53 bits per heavy atom. The first-order valence-electron chi connectivity index (χ1n) is 4.56. The number of carboxylic acid groups (broad SMARTS) is 1. The van der Waals surface area contributed by atoms with Gasteiger partial charge in [0.1, 0.15) is 0 Å². The van der Waals surface area contributed by atoms with Crippen molar-refractivity contribution < 1.29 is 23.1 Å². The van der Waals surface area contributed by atoms with Gasteiger partial charge in [0.2, 0.25) is 0 Å². The summed E-state index contributed by atoms with van der Waals surface area (Å²) in [6.07, 6.45) is -5.11. The van der Waals surface area contributed by atoms with E-state index in [1.54, 1.807) is 0 Å². The first kappa shape index (κ1) is 14.0. The lowest BCUT2D eigenvalue weighted by Crippen LogP contribution is -2.20. The molecule has 1 rings (SSSR count). The molecule has 0 aliphatic carbocycles. The van der Waals surface area contributed by atoms with Crippen molar-refractivity contribution in [3.63, 3.8) is 0 Å². The van der Waals surface area contributed by atoms with E-state index in [4.69, 9.17) is 10.8 Å². The van der Waals surface area contributed by atoms with Crippen molar-refractivity contribution in [2.75, 3.05) is 0 Å². The molecule has 1 unspecified atom stereocenters. The first-order chi connectivity index (χ1) is 7.71. The lowest BCUT2D eigenvalue weighted by molar-refractivity contribution is -0.140. The van der Waals surface area contributed by atoms with Crippen molar-refractivity contribution in [1.29, 1.82) is 0 Å². The van der Waals surface area contributed by atoms with Gasteiger partial charge in [0.25, 0.3) is 0 Å². The second-order valence-electron chi connectivity index (χ2n) is 3.43. The molecule has 1 aromatic carbocycles. The summed E-state index contributed by atoms with van der Waals surface area (Å²) in [5.41, 5.74) is 4.31. The Balaban J connectivity index is 3.19. The molecule has 7 heteroatoms. The molecule has 0 saturated carbocycles. The predicted molar refractivity (Wildman–Crippen MR) is 58.3 cm³/mol. The third-order valence-electron chi connectivity index (χ3n) is 2.11. The Hall–Kier alpha value is -1.08. The van der Waals surface area contributed by atoms with Gasteiger partial charge in [0.15, 0.2) is 0 Å². The van der Waals surface area contributed by atoms with Gasteiger partial charge in [-0.2, -0.15) is 13.2 Å². The summed E-state index contributed by atoms with van der Waals surface area (Å²) in [6.45, 7) is 0. The van der Waals surface area contributed by atoms with E-state index in [0.717, 1.165) is 6.07 Å². The summed E-state index contributed by atoms with van der Waals surface area (Å²) in [4.78, 5) is 10.4. The van der Waals surface area contributed by atoms with Crippen LogP contribution in [0.25, 0.3) is 0 Å². The van der Waals surface area contributed by atoms with E-state index in [1.807, 2.05) is 0 Å². The van der Waals surface area contributed by atoms with Crippen LogP contribution in [0.3, 0.4) is 0 Å². The minimum Gasteiger partial charge on any atom is -0.481 e. The molecule has 0 aliphatic rings. The van der Waals surface area contributed by atoms with Crippen molar-refractivity contribution in [3.05, 3.63) is 33.8 Å². The average molecular weight is 312 g/mol. The molecular formula is C10H9BrF3NO2. The third kappa shape index (κ3) is 3.71. The molecule has 3 N–H and O–H groups in total.